The predicted molar refractivity (Wildman–Crippen MR) is 102 cm³/mol. The first-order chi connectivity index (χ1) is 12.8. The molecule has 3 rings (SSSR count). The molecule has 0 unspecified atom stereocenters. The van der Waals surface area contributed by atoms with Gasteiger partial charge in [-0.1, -0.05) is 18.2 Å². The molecule has 2 aromatic rings. The fourth-order valence-corrected chi connectivity index (χ4v) is 3.06. The van der Waals surface area contributed by atoms with Crippen LogP contribution in [0, 0.1) is 0 Å². The van der Waals surface area contributed by atoms with Gasteiger partial charge in [0.15, 0.2) is 0 Å². The first-order valence-electron chi connectivity index (χ1n) is 8.86. The molecule has 0 spiro atoms. The molecule has 1 aliphatic rings. The highest BCUT2D eigenvalue weighted by molar-refractivity contribution is 6.01. The summed E-state index contributed by atoms with van der Waals surface area (Å²) in [6, 6.07) is 12.3. The second-order valence-electron chi connectivity index (χ2n) is 7.33. The van der Waals surface area contributed by atoms with Gasteiger partial charge in [0, 0.05) is 17.5 Å². The van der Waals surface area contributed by atoms with Crippen LogP contribution in [0.25, 0.3) is 0 Å². The van der Waals surface area contributed by atoms with E-state index in [1.165, 1.54) is 12.1 Å². The van der Waals surface area contributed by atoms with E-state index in [9.17, 15) is 9.59 Å². The third-order valence-electron chi connectivity index (χ3n) is 4.41. The second kappa shape index (κ2) is 7.31. The lowest BCUT2D eigenvalue weighted by atomic mass is 10.0. The van der Waals surface area contributed by atoms with E-state index in [2.05, 4.69) is 5.43 Å². The highest BCUT2D eigenvalue weighted by Crippen LogP contribution is 2.29. The SMILES string of the molecule is COc1ccccc1C(=O)N(NC(=O)c1cccc2c1CCO2)C(C)(C)C. The van der Waals surface area contributed by atoms with Gasteiger partial charge in [-0.2, -0.15) is 0 Å². The fraction of sp³-hybridized carbons (Fsp3) is 0.333. The number of benzene rings is 2. The van der Waals surface area contributed by atoms with Crippen LogP contribution in [0.3, 0.4) is 0 Å². The van der Waals surface area contributed by atoms with Crippen molar-refractivity contribution in [3.8, 4) is 11.5 Å². The molecule has 6 nitrogen and oxygen atoms in total. The Morgan fingerprint density at radius 1 is 1.07 bits per heavy atom. The molecule has 0 atom stereocenters. The molecule has 2 amide bonds. The molecular formula is C21H24N2O4. The highest BCUT2D eigenvalue weighted by atomic mass is 16.5. The van der Waals surface area contributed by atoms with Crippen molar-refractivity contribution in [1.82, 2.24) is 10.4 Å². The number of hydrogen-bond donors (Lipinski definition) is 1. The molecule has 142 valence electrons. The Morgan fingerprint density at radius 2 is 1.78 bits per heavy atom. The van der Waals surface area contributed by atoms with Crippen molar-refractivity contribution in [2.24, 2.45) is 0 Å². The molecule has 0 radical (unpaired) electrons. The van der Waals surface area contributed by atoms with E-state index in [-0.39, 0.29) is 11.8 Å². The summed E-state index contributed by atoms with van der Waals surface area (Å²) >= 11 is 0. The van der Waals surface area contributed by atoms with Crippen molar-refractivity contribution < 1.29 is 19.1 Å². The lowest BCUT2D eigenvalue weighted by Gasteiger charge is -2.35. The predicted octanol–water partition coefficient (Wildman–Crippen LogP) is 3.22. The van der Waals surface area contributed by atoms with Crippen LogP contribution in [-0.4, -0.2) is 36.1 Å². The zero-order valence-corrected chi connectivity index (χ0v) is 16.0. The van der Waals surface area contributed by atoms with Gasteiger partial charge < -0.3 is 9.47 Å². The second-order valence-corrected chi connectivity index (χ2v) is 7.33. The summed E-state index contributed by atoms with van der Waals surface area (Å²) in [4.78, 5) is 26.1. The maximum Gasteiger partial charge on any atom is 0.276 e. The van der Waals surface area contributed by atoms with Crippen molar-refractivity contribution in [1.29, 1.82) is 0 Å². The quantitative estimate of drug-likeness (QED) is 0.845. The molecule has 1 heterocycles. The average Bonchev–Trinajstić information content (AvgIpc) is 3.13. The Labute approximate surface area is 159 Å². The Kier molecular flexibility index (Phi) is 5.08. The first-order valence-corrected chi connectivity index (χ1v) is 8.86. The summed E-state index contributed by atoms with van der Waals surface area (Å²) in [5, 5.41) is 1.35. The van der Waals surface area contributed by atoms with Gasteiger partial charge in [-0.15, -0.1) is 0 Å². The molecule has 0 aromatic heterocycles. The summed E-state index contributed by atoms with van der Waals surface area (Å²) < 4.78 is 10.8. The normalized spacial score (nSPS) is 12.7. The monoisotopic (exact) mass is 368 g/mol. The lowest BCUT2D eigenvalue weighted by Crippen LogP contribution is -2.56. The topological polar surface area (TPSA) is 67.9 Å². The van der Waals surface area contributed by atoms with Gasteiger partial charge in [0.25, 0.3) is 11.8 Å². The molecule has 0 saturated heterocycles. The van der Waals surface area contributed by atoms with Crippen LogP contribution in [-0.2, 0) is 6.42 Å². The Hall–Kier alpha value is -3.02. The molecule has 6 heteroatoms. The number of hydrogen-bond acceptors (Lipinski definition) is 4. The van der Waals surface area contributed by atoms with Gasteiger partial charge >= 0.3 is 0 Å². The summed E-state index contributed by atoms with van der Waals surface area (Å²) in [5.41, 5.74) is 3.92. The van der Waals surface area contributed by atoms with Gasteiger partial charge in [0.05, 0.1) is 24.8 Å². The van der Waals surface area contributed by atoms with Crippen LogP contribution in [0.1, 0.15) is 47.1 Å². The zero-order valence-electron chi connectivity index (χ0n) is 16.0. The first kappa shape index (κ1) is 18.8. The number of ether oxygens (including phenoxy) is 2. The fourth-order valence-electron chi connectivity index (χ4n) is 3.06. The average molecular weight is 368 g/mol. The van der Waals surface area contributed by atoms with Crippen LogP contribution in [0.15, 0.2) is 42.5 Å². The number of methoxy groups -OCH3 is 1. The van der Waals surface area contributed by atoms with Crippen LogP contribution in [0.4, 0.5) is 0 Å². The highest BCUT2D eigenvalue weighted by Gasteiger charge is 2.32. The minimum Gasteiger partial charge on any atom is -0.496 e. The van der Waals surface area contributed by atoms with E-state index in [0.29, 0.717) is 29.9 Å². The van der Waals surface area contributed by atoms with Gasteiger partial charge in [0.2, 0.25) is 0 Å². The molecule has 0 bridgehead atoms. The molecule has 0 aliphatic carbocycles. The van der Waals surface area contributed by atoms with Crippen molar-refractivity contribution in [3.63, 3.8) is 0 Å². The minimum absolute atomic E-state index is 0.336. The summed E-state index contributed by atoms with van der Waals surface area (Å²) in [5.74, 6) is 0.508. The third kappa shape index (κ3) is 3.74. The Balaban J connectivity index is 1.92. The van der Waals surface area contributed by atoms with Crippen LogP contribution >= 0.6 is 0 Å². The Morgan fingerprint density at radius 3 is 2.48 bits per heavy atom. The molecule has 1 N–H and O–H groups in total. The number of hydrazine groups is 1. The number of nitrogens with zero attached hydrogens (tertiary/aromatic N) is 1. The molecule has 1 aliphatic heterocycles. The number of amides is 2. The Bertz CT molecular complexity index is 871. The van der Waals surface area contributed by atoms with Crippen molar-refractivity contribution in [2.75, 3.05) is 13.7 Å². The van der Waals surface area contributed by atoms with Crippen molar-refractivity contribution >= 4 is 11.8 Å². The third-order valence-corrected chi connectivity index (χ3v) is 4.41. The van der Waals surface area contributed by atoms with Crippen LogP contribution in [0.2, 0.25) is 0 Å². The standard InChI is InChI=1S/C21H24N2O4/c1-21(2,3)23(20(25)16-8-5-6-10-17(16)26-4)22-19(24)15-9-7-11-18-14(15)12-13-27-18/h5-11H,12-13H2,1-4H3,(H,22,24). The van der Waals surface area contributed by atoms with Crippen LogP contribution in [0.5, 0.6) is 11.5 Å². The van der Waals surface area contributed by atoms with E-state index in [4.69, 9.17) is 9.47 Å². The van der Waals surface area contributed by atoms with Gasteiger partial charge in [0.1, 0.15) is 11.5 Å². The van der Waals surface area contributed by atoms with E-state index in [1.807, 2.05) is 26.8 Å². The lowest BCUT2D eigenvalue weighted by molar-refractivity contribution is 0.0355. The van der Waals surface area contributed by atoms with E-state index in [0.717, 1.165) is 11.3 Å². The molecular weight excluding hydrogens is 344 g/mol. The molecule has 0 saturated carbocycles. The van der Waals surface area contributed by atoms with E-state index >= 15 is 0 Å². The van der Waals surface area contributed by atoms with Gasteiger partial charge in [-0.3, -0.25) is 15.0 Å². The number of rotatable bonds is 3. The smallest absolute Gasteiger partial charge is 0.276 e. The minimum atomic E-state index is -0.637. The molecule has 2 aromatic carbocycles. The summed E-state index contributed by atoms with van der Waals surface area (Å²) in [6.07, 6.45) is 0.675. The van der Waals surface area contributed by atoms with Gasteiger partial charge in [-0.25, -0.2) is 5.01 Å². The van der Waals surface area contributed by atoms with Gasteiger partial charge in [-0.05, 0) is 45.0 Å². The largest absolute Gasteiger partial charge is 0.496 e. The molecule has 27 heavy (non-hydrogen) atoms. The maximum atomic E-state index is 13.2. The van der Waals surface area contributed by atoms with E-state index in [1.54, 1.807) is 36.4 Å². The molecule has 0 fully saturated rings. The number of para-hydroxylation sites is 1. The number of carbonyl (C=O) groups is 2. The van der Waals surface area contributed by atoms with E-state index < -0.39 is 5.54 Å². The number of carbonyl (C=O) groups excluding carboxylic acids is 2. The van der Waals surface area contributed by atoms with Crippen molar-refractivity contribution in [2.45, 2.75) is 32.7 Å². The summed E-state index contributed by atoms with van der Waals surface area (Å²) in [6.45, 7) is 6.14. The number of nitrogens with one attached hydrogen (secondary N) is 1. The zero-order chi connectivity index (χ0) is 19.6. The number of fused-ring (bicyclic) bond motifs is 1. The maximum absolute atomic E-state index is 13.2. The van der Waals surface area contributed by atoms with Crippen molar-refractivity contribution in [3.05, 3.63) is 59.2 Å². The summed E-state index contributed by atoms with van der Waals surface area (Å²) in [7, 11) is 1.51. The van der Waals surface area contributed by atoms with Crippen LogP contribution < -0.4 is 14.9 Å².